The van der Waals surface area contributed by atoms with E-state index in [0.29, 0.717) is 18.4 Å². The molecule has 2 aliphatic rings. The summed E-state index contributed by atoms with van der Waals surface area (Å²) in [4.78, 5) is 25.1. The van der Waals surface area contributed by atoms with Crippen molar-refractivity contribution >= 4 is 21.7 Å². The van der Waals surface area contributed by atoms with E-state index in [0.717, 1.165) is 12.8 Å². The van der Waals surface area contributed by atoms with Crippen molar-refractivity contribution in [3.8, 4) is 0 Å². The standard InChI is InChI=1S/C16H20N2O4S/c1-17-15(20)16(8-4-5-9-16)18-14(19)13-10-11-6-2-3-7-12(11)23(13,21)22/h2-3,6-7,13H,4-5,8-10H2,1H3,(H,17,20)(H,18,19). The van der Waals surface area contributed by atoms with E-state index in [-0.39, 0.29) is 17.2 Å². The Labute approximate surface area is 135 Å². The highest BCUT2D eigenvalue weighted by Gasteiger charge is 2.47. The fourth-order valence-corrected chi connectivity index (χ4v) is 5.42. The molecule has 0 aromatic heterocycles. The Bertz CT molecular complexity index is 751. The van der Waals surface area contributed by atoms with Crippen molar-refractivity contribution in [3.63, 3.8) is 0 Å². The van der Waals surface area contributed by atoms with Gasteiger partial charge in [-0.15, -0.1) is 0 Å². The number of amides is 2. The SMILES string of the molecule is CNC(=O)C1(NC(=O)C2Cc3ccccc3S2(=O)=O)CCCC1. The fraction of sp³-hybridized carbons (Fsp3) is 0.500. The van der Waals surface area contributed by atoms with Gasteiger partial charge in [0.05, 0.1) is 4.90 Å². The Hall–Kier alpha value is -1.89. The molecule has 6 nitrogen and oxygen atoms in total. The average molecular weight is 336 g/mol. The van der Waals surface area contributed by atoms with Gasteiger partial charge < -0.3 is 10.6 Å². The molecule has 1 unspecified atom stereocenters. The second-order valence-corrected chi connectivity index (χ2v) is 8.30. The topological polar surface area (TPSA) is 92.3 Å². The quantitative estimate of drug-likeness (QED) is 0.843. The summed E-state index contributed by atoms with van der Waals surface area (Å²) in [6.07, 6.45) is 2.92. The third kappa shape index (κ3) is 2.52. The van der Waals surface area contributed by atoms with Crippen LogP contribution in [0.25, 0.3) is 0 Å². The summed E-state index contributed by atoms with van der Waals surface area (Å²) in [5.74, 6) is -0.831. The Kier molecular flexibility index (Phi) is 3.91. The molecule has 0 spiro atoms. The largest absolute Gasteiger partial charge is 0.357 e. The van der Waals surface area contributed by atoms with E-state index in [2.05, 4.69) is 10.6 Å². The van der Waals surface area contributed by atoms with Gasteiger partial charge in [0.1, 0.15) is 10.8 Å². The highest BCUT2D eigenvalue weighted by molar-refractivity contribution is 7.93. The zero-order chi connectivity index (χ0) is 16.7. The molecule has 1 saturated carbocycles. The van der Waals surface area contributed by atoms with Crippen LogP contribution >= 0.6 is 0 Å². The molecule has 0 radical (unpaired) electrons. The molecule has 7 heteroatoms. The zero-order valence-electron chi connectivity index (χ0n) is 13.0. The minimum atomic E-state index is -3.69. The number of fused-ring (bicyclic) bond motifs is 1. The Morgan fingerprint density at radius 3 is 2.43 bits per heavy atom. The van der Waals surface area contributed by atoms with E-state index in [4.69, 9.17) is 0 Å². The predicted octanol–water partition coefficient (Wildman–Crippen LogP) is 0.560. The van der Waals surface area contributed by atoms with E-state index in [1.54, 1.807) is 18.2 Å². The molecule has 1 heterocycles. The van der Waals surface area contributed by atoms with Gasteiger partial charge in [-0.1, -0.05) is 31.0 Å². The number of carbonyl (C=O) groups excluding carboxylic acids is 2. The maximum Gasteiger partial charge on any atom is 0.245 e. The van der Waals surface area contributed by atoms with Gasteiger partial charge in [0.25, 0.3) is 0 Å². The van der Waals surface area contributed by atoms with E-state index in [1.165, 1.54) is 13.1 Å². The molecule has 2 N–H and O–H groups in total. The van der Waals surface area contributed by atoms with Crippen LogP contribution in [-0.4, -0.2) is 38.1 Å². The van der Waals surface area contributed by atoms with Gasteiger partial charge in [-0.25, -0.2) is 8.42 Å². The molecule has 23 heavy (non-hydrogen) atoms. The molecular formula is C16H20N2O4S. The van der Waals surface area contributed by atoms with E-state index >= 15 is 0 Å². The van der Waals surface area contributed by atoms with Crippen molar-refractivity contribution in [3.05, 3.63) is 29.8 Å². The molecule has 0 bridgehead atoms. The molecule has 1 fully saturated rings. The monoisotopic (exact) mass is 336 g/mol. The maximum atomic E-state index is 12.6. The third-order valence-corrected chi connectivity index (χ3v) is 6.97. The highest BCUT2D eigenvalue weighted by Crippen LogP contribution is 2.34. The van der Waals surface area contributed by atoms with Gasteiger partial charge in [-0.3, -0.25) is 9.59 Å². The van der Waals surface area contributed by atoms with Crippen molar-refractivity contribution in [1.82, 2.24) is 10.6 Å². The summed E-state index contributed by atoms with van der Waals surface area (Å²) in [7, 11) is -2.17. The molecule has 1 aliphatic heterocycles. The first-order chi connectivity index (χ1) is 10.9. The smallest absolute Gasteiger partial charge is 0.245 e. The number of nitrogens with one attached hydrogen (secondary N) is 2. The van der Waals surface area contributed by atoms with Crippen molar-refractivity contribution in [2.75, 3.05) is 7.05 Å². The van der Waals surface area contributed by atoms with Crippen LogP contribution < -0.4 is 10.6 Å². The molecule has 0 saturated heterocycles. The van der Waals surface area contributed by atoms with Gasteiger partial charge in [0, 0.05) is 7.05 Å². The second-order valence-electron chi connectivity index (χ2n) is 6.20. The zero-order valence-corrected chi connectivity index (χ0v) is 13.8. The van der Waals surface area contributed by atoms with Gasteiger partial charge in [0.15, 0.2) is 9.84 Å². The van der Waals surface area contributed by atoms with Gasteiger partial charge >= 0.3 is 0 Å². The van der Waals surface area contributed by atoms with Crippen molar-refractivity contribution in [2.45, 2.75) is 47.8 Å². The lowest BCUT2D eigenvalue weighted by Crippen LogP contribution is -2.59. The Balaban J connectivity index is 1.86. The van der Waals surface area contributed by atoms with E-state index in [9.17, 15) is 18.0 Å². The Morgan fingerprint density at radius 2 is 1.83 bits per heavy atom. The first-order valence-corrected chi connectivity index (χ1v) is 9.31. The van der Waals surface area contributed by atoms with Crippen molar-refractivity contribution in [2.24, 2.45) is 0 Å². The molecular weight excluding hydrogens is 316 g/mol. The summed E-state index contributed by atoms with van der Waals surface area (Å²) >= 11 is 0. The van der Waals surface area contributed by atoms with Crippen LogP contribution in [0.5, 0.6) is 0 Å². The molecule has 3 rings (SSSR count). The van der Waals surface area contributed by atoms with E-state index < -0.39 is 26.5 Å². The lowest BCUT2D eigenvalue weighted by molar-refractivity contribution is -0.133. The van der Waals surface area contributed by atoms with Crippen LogP contribution in [0.1, 0.15) is 31.2 Å². The predicted molar refractivity (Wildman–Crippen MR) is 84.5 cm³/mol. The average Bonchev–Trinajstić information content (AvgIpc) is 3.10. The summed E-state index contributed by atoms with van der Waals surface area (Å²) in [6.45, 7) is 0. The molecule has 2 amide bonds. The number of hydrogen-bond donors (Lipinski definition) is 2. The third-order valence-electron chi connectivity index (χ3n) is 4.83. The normalized spacial score (nSPS) is 24.0. The Morgan fingerprint density at radius 1 is 1.17 bits per heavy atom. The fourth-order valence-electron chi connectivity index (χ4n) is 3.59. The summed E-state index contributed by atoms with van der Waals surface area (Å²) in [5.41, 5.74) is -0.316. The van der Waals surface area contributed by atoms with Crippen LogP contribution in [0.4, 0.5) is 0 Å². The minimum absolute atomic E-state index is 0.161. The number of rotatable bonds is 3. The summed E-state index contributed by atoms with van der Waals surface area (Å²) < 4.78 is 25.2. The summed E-state index contributed by atoms with van der Waals surface area (Å²) in [6, 6.07) is 6.67. The number of hydrogen-bond acceptors (Lipinski definition) is 4. The molecule has 1 atom stereocenters. The molecule has 124 valence electrons. The number of carbonyl (C=O) groups is 2. The molecule has 1 aromatic carbocycles. The van der Waals surface area contributed by atoms with Crippen molar-refractivity contribution in [1.29, 1.82) is 0 Å². The summed E-state index contributed by atoms with van der Waals surface area (Å²) in [5, 5.41) is 4.17. The molecule has 1 aromatic rings. The van der Waals surface area contributed by atoms with Gasteiger partial charge in [-0.2, -0.15) is 0 Å². The maximum absolute atomic E-state index is 12.6. The van der Waals surface area contributed by atoms with Gasteiger partial charge in [0.2, 0.25) is 11.8 Å². The van der Waals surface area contributed by atoms with Crippen LogP contribution in [-0.2, 0) is 25.8 Å². The lowest BCUT2D eigenvalue weighted by Gasteiger charge is -2.29. The second kappa shape index (κ2) is 5.63. The van der Waals surface area contributed by atoms with E-state index in [1.807, 2.05) is 0 Å². The number of benzene rings is 1. The molecule has 1 aliphatic carbocycles. The van der Waals surface area contributed by atoms with Crippen LogP contribution in [0.2, 0.25) is 0 Å². The van der Waals surface area contributed by atoms with Crippen LogP contribution in [0.15, 0.2) is 29.2 Å². The number of likely N-dealkylation sites (N-methyl/N-ethyl adjacent to an activating group) is 1. The first kappa shape index (κ1) is 16.0. The minimum Gasteiger partial charge on any atom is -0.357 e. The van der Waals surface area contributed by atoms with Crippen LogP contribution in [0.3, 0.4) is 0 Å². The number of sulfone groups is 1. The first-order valence-electron chi connectivity index (χ1n) is 7.77. The van der Waals surface area contributed by atoms with Gasteiger partial charge in [-0.05, 0) is 30.9 Å². The lowest BCUT2D eigenvalue weighted by atomic mass is 9.95. The van der Waals surface area contributed by atoms with Crippen LogP contribution in [0, 0.1) is 0 Å². The highest BCUT2D eigenvalue weighted by atomic mass is 32.2. The van der Waals surface area contributed by atoms with Crippen molar-refractivity contribution < 1.29 is 18.0 Å².